The molecule has 1 atom stereocenters. The quantitative estimate of drug-likeness (QED) is 0.786. The molecule has 1 aromatic carbocycles. The molecular formula is C14H17NO4. The molecule has 0 heterocycles. The maximum absolute atomic E-state index is 11.8. The number of Topliss-reactive ketones (excluding diaryl/α,β-unsaturated/α-hetero) is 1. The minimum Gasteiger partial charge on any atom is -0.458 e. The van der Waals surface area contributed by atoms with Crippen molar-refractivity contribution in [2.45, 2.75) is 26.3 Å². The number of esters is 1. The van der Waals surface area contributed by atoms with Gasteiger partial charge in [-0.1, -0.05) is 18.2 Å². The molecule has 1 unspecified atom stereocenters. The zero-order valence-corrected chi connectivity index (χ0v) is 11.0. The average molecular weight is 263 g/mol. The van der Waals surface area contributed by atoms with Crippen molar-refractivity contribution in [1.82, 2.24) is 5.32 Å². The molecule has 0 aliphatic carbocycles. The number of nitrogens with one attached hydrogen (secondary N) is 1. The van der Waals surface area contributed by atoms with Gasteiger partial charge in [0.1, 0.15) is 6.61 Å². The summed E-state index contributed by atoms with van der Waals surface area (Å²) in [7, 11) is 0. The summed E-state index contributed by atoms with van der Waals surface area (Å²) in [6.07, 6.45) is 0.0336. The van der Waals surface area contributed by atoms with E-state index in [-0.39, 0.29) is 30.8 Å². The molecule has 0 radical (unpaired) electrons. The number of amides is 1. The molecule has 1 aromatic rings. The van der Waals surface area contributed by atoms with Crippen molar-refractivity contribution in [3.63, 3.8) is 0 Å². The number of benzene rings is 1. The molecule has 19 heavy (non-hydrogen) atoms. The Labute approximate surface area is 111 Å². The molecule has 5 heteroatoms. The Morgan fingerprint density at radius 3 is 2.42 bits per heavy atom. The number of carbonyl (C=O) groups excluding carboxylic acids is 3. The summed E-state index contributed by atoms with van der Waals surface area (Å²) in [5, 5.41) is 2.69. The summed E-state index contributed by atoms with van der Waals surface area (Å²) in [6.45, 7) is 2.82. The molecule has 1 rings (SSSR count). The highest BCUT2D eigenvalue weighted by Crippen LogP contribution is 2.01. The molecule has 0 fully saturated rings. The lowest BCUT2D eigenvalue weighted by Gasteiger charge is -2.13. The molecule has 0 saturated heterocycles. The largest absolute Gasteiger partial charge is 0.458 e. The summed E-state index contributed by atoms with van der Waals surface area (Å²) < 4.78 is 4.72. The van der Waals surface area contributed by atoms with Crippen molar-refractivity contribution in [3.8, 4) is 0 Å². The summed E-state index contributed by atoms with van der Waals surface area (Å²) in [5.74, 6) is -0.960. The lowest BCUT2D eigenvalue weighted by atomic mass is 10.2. The molecule has 0 aromatic heterocycles. The molecular weight excluding hydrogens is 246 g/mol. The van der Waals surface area contributed by atoms with E-state index in [1.807, 2.05) is 6.07 Å². The number of rotatable bonds is 6. The van der Waals surface area contributed by atoms with E-state index in [1.54, 1.807) is 31.2 Å². The first-order chi connectivity index (χ1) is 8.99. The van der Waals surface area contributed by atoms with Crippen molar-refractivity contribution in [2.75, 3.05) is 6.61 Å². The maximum atomic E-state index is 11.8. The SMILES string of the molecule is CC(=O)COC(=O)CC(C)NC(=O)c1ccccc1. The van der Waals surface area contributed by atoms with Crippen LogP contribution in [0, 0.1) is 0 Å². The lowest BCUT2D eigenvalue weighted by Crippen LogP contribution is -2.34. The van der Waals surface area contributed by atoms with Gasteiger partial charge in [-0.15, -0.1) is 0 Å². The predicted octanol–water partition coefficient (Wildman–Crippen LogP) is 1.33. The first-order valence-electron chi connectivity index (χ1n) is 6.00. The fraction of sp³-hybridized carbons (Fsp3) is 0.357. The molecule has 0 saturated carbocycles. The van der Waals surface area contributed by atoms with Crippen molar-refractivity contribution in [2.24, 2.45) is 0 Å². The number of ether oxygens (including phenoxy) is 1. The molecule has 0 aliphatic heterocycles. The second-order valence-electron chi connectivity index (χ2n) is 4.31. The molecule has 1 N–H and O–H groups in total. The summed E-state index contributed by atoms with van der Waals surface area (Å²) in [5.41, 5.74) is 0.534. The van der Waals surface area contributed by atoms with Crippen LogP contribution in [0.25, 0.3) is 0 Å². The zero-order valence-electron chi connectivity index (χ0n) is 11.0. The lowest BCUT2D eigenvalue weighted by molar-refractivity contribution is -0.147. The van der Waals surface area contributed by atoms with Crippen molar-refractivity contribution < 1.29 is 19.1 Å². The standard InChI is InChI=1S/C14H17NO4/c1-10(8-13(17)19-9-11(2)16)15-14(18)12-6-4-3-5-7-12/h3-7,10H,8-9H2,1-2H3,(H,15,18). The number of ketones is 1. The second-order valence-corrected chi connectivity index (χ2v) is 4.31. The Balaban J connectivity index is 2.39. The van der Waals surface area contributed by atoms with E-state index in [0.29, 0.717) is 5.56 Å². The van der Waals surface area contributed by atoms with E-state index in [4.69, 9.17) is 4.74 Å². The Kier molecular flexibility index (Phi) is 5.73. The van der Waals surface area contributed by atoms with Gasteiger partial charge in [0, 0.05) is 11.6 Å². The Morgan fingerprint density at radius 2 is 1.84 bits per heavy atom. The van der Waals surface area contributed by atoms with Crippen LogP contribution in [-0.2, 0) is 14.3 Å². The van der Waals surface area contributed by atoms with Gasteiger partial charge in [0.05, 0.1) is 6.42 Å². The third kappa shape index (κ3) is 5.81. The van der Waals surface area contributed by atoms with Gasteiger partial charge in [0.15, 0.2) is 5.78 Å². The number of hydrogen-bond acceptors (Lipinski definition) is 4. The van der Waals surface area contributed by atoms with Crippen molar-refractivity contribution in [1.29, 1.82) is 0 Å². The Hall–Kier alpha value is -2.17. The fourth-order valence-electron chi connectivity index (χ4n) is 1.44. The Bertz CT molecular complexity index is 456. The fourth-order valence-corrected chi connectivity index (χ4v) is 1.44. The van der Waals surface area contributed by atoms with Crippen LogP contribution in [0.3, 0.4) is 0 Å². The van der Waals surface area contributed by atoms with Crippen LogP contribution in [0.2, 0.25) is 0 Å². The van der Waals surface area contributed by atoms with Crippen LogP contribution < -0.4 is 5.32 Å². The highest BCUT2D eigenvalue weighted by Gasteiger charge is 2.14. The number of hydrogen-bond donors (Lipinski definition) is 1. The normalized spacial score (nSPS) is 11.5. The third-order valence-corrected chi connectivity index (χ3v) is 2.32. The summed E-state index contributed by atoms with van der Waals surface area (Å²) in [6, 6.07) is 8.37. The summed E-state index contributed by atoms with van der Waals surface area (Å²) >= 11 is 0. The third-order valence-electron chi connectivity index (χ3n) is 2.32. The zero-order chi connectivity index (χ0) is 14.3. The van der Waals surface area contributed by atoms with Crippen LogP contribution in [-0.4, -0.2) is 30.3 Å². The van der Waals surface area contributed by atoms with Crippen LogP contribution >= 0.6 is 0 Å². The average Bonchev–Trinajstić information content (AvgIpc) is 2.37. The minimum atomic E-state index is -0.504. The predicted molar refractivity (Wildman–Crippen MR) is 69.6 cm³/mol. The van der Waals surface area contributed by atoms with Gasteiger partial charge in [-0.25, -0.2) is 0 Å². The highest BCUT2D eigenvalue weighted by atomic mass is 16.5. The first-order valence-corrected chi connectivity index (χ1v) is 6.00. The van der Waals surface area contributed by atoms with E-state index < -0.39 is 5.97 Å². The van der Waals surface area contributed by atoms with Crippen molar-refractivity contribution >= 4 is 17.7 Å². The minimum absolute atomic E-state index is 0.0336. The topological polar surface area (TPSA) is 72.5 Å². The molecule has 5 nitrogen and oxygen atoms in total. The molecule has 0 spiro atoms. The molecule has 0 bridgehead atoms. The van der Waals surface area contributed by atoms with E-state index in [1.165, 1.54) is 6.92 Å². The van der Waals surface area contributed by atoms with Gasteiger partial charge >= 0.3 is 5.97 Å². The van der Waals surface area contributed by atoms with Gasteiger partial charge in [-0.2, -0.15) is 0 Å². The van der Waals surface area contributed by atoms with Gasteiger partial charge < -0.3 is 10.1 Å². The van der Waals surface area contributed by atoms with E-state index >= 15 is 0 Å². The second kappa shape index (κ2) is 7.31. The maximum Gasteiger partial charge on any atom is 0.308 e. The monoisotopic (exact) mass is 263 g/mol. The van der Waals surface area contributed by atoms with Gasteiger partial charge in [0.25, 0.3) is 5.91 Å². The van der Waals surface area contributed by atoms with E-state index in [2.05, 4.69) is 5.32 Å². The Morgan fingerprint density at radius 1 is 1.21 bits per heavy atom. The highest BCUT2D eigenvalue weighted by molar-refractivity contribution is 5.94. The van der Waals surface area contributed by atoms with Crippen molar-refractivity contribution in [3.05, 3.63) is 35.9 Å². The molecule has 0 aliphatic rings. The van der Waals surface area contributed by atoms with E-state index in [9.17, 15) is 14.4 Å². The summed E-state index contributed by atoms with van der Waals surface area (Å²) in [4.78, 5) is 33.8. The van der Waals surface area contributed by atoms with Gasteiger partial charge in [-0.3, -0.25) is 14.4 Å². The van der Waals surface area contributed by atoms with Crippen LogP contribution in [0.4, 0.5) is 0 Å². The van der Waals surface area contributed by atoms with Gasteiger partial charge in [0.2, 0.25) is 0 Å². The smallest absolute Gasteiger partial charge is 0.308 e. The van der Waals surface area contributed by atoms with Gasteiger partial charge in [-0.05, 0) is 26.0 Å². The van der Waals surface area contributed by atoms with Crippen LogP contribution in [0.1, 0.15) is 30.6 Å². The number of carbonyl (C=O) groups is 3. The van der Waals surface area contributed by atoms with Crippen LogP contribution in [0.5, 0.6) is 0 Å². The molecule has 102 valence electrons. The van der Waals surface area contributed by atoms with E-state index in [0.717, 1.165) is 0 Å². The van der Waals surface area contributed by atoms with Crippen LogP contribution in [0.15, 0.2) is 30.3 Å². The first kappa shape index (κ1) is 14.9. The molecule has 1 amide bonds.